The van der Waals surface area contributed by atoms with Crippen LogP contribution in [0.25, 0.3) is 33.3 Å². The van der Waals surface area contributed by atoms with Crippen molar-refractivity contribution in [2.24, 2.45) is 0 Å². The molecule has 30 heavy (non-hydrogen) atoms. The minimum Gasteiger partial charge on any atom is -0.342 e. The maximum Gasteiger partial charge on any atom is 0.219 e. The molecule has 2 aromatic heterocycles. The number of benzene rings is 2. The van der Waals surface area contributed by atoms with E-state index in [2.05, 4.69) is 51.4 Å². The Labute approximate surface area is 175 Å². The van der Waals surface area contributed by atoms with Crippen LogP contribution in [-0.2, 0) is 4.79 Å². The molecule has 1 amide bonds. The van der Waals surface area contributed by atoms with E-state index in [1.54, 1.807) is 13.3 Å². The lowest BCUT2D eigenvalue weighted by Crippen LogP contribution is -2.25. The van der Waals surface area contributed by atoms with Crippen molar-refractivity contribution in [2.75, 3.05) is 13.1 Å². The van der Waals surface area contributed by atoms with Crippen molar-refractivity contribution in [3.05, 3.63) is 78.9 Å². The lowest BCUT2D eigenvalue weighted by atomic mass is 9.91. The van der Waals surface area contributed by atoms with Gasteiger partial charge in [-0.2, -0.15) is 0 Å². The number of likely N-dealkylation sites (tertiary alicyclic amines) is 1. The molecule has 1 aliphatic heterocycles. The predicted molar refractivity (Wildman–Crippen MR) is 118 cm³/mol. The van der Waals surface area contributed by atoms with Crippen LogP contribution in [0.1, 0.15) is 24.8 Å². The number of aromatic nitrogens is 3. The quantitative estimate of drug-likeness (QED) is 0.506. The molecule has 0 spiro atoms. The average Bonchev–Trinajstić information content (AvgIpc) is 3.30. The van der Waals surface area contributed by atoms with Gasteiger partial charge in [0.25, 0.3) is 0 Å². The van der Waals surface area contributed by atoms with Gasteiger partial charge in [-0.3, -0.25) is 9.78 Å². The second-order valence-corrected chi connectivity index (χ2v) is 7.77. The van der Waals surface area contributed by atoms with Crippen molar-refractivity contribution >= 4 is 16.8 Å². The second-order valence-electron chi connectivity index (χ2n) is 7.77. The Kier molecular flexibility index (Phi) is 4.71. The summed E-state index contributed by atoms with van der Waals surface area (Å²) in [5.41, 5.74) is 6.52. The van der Waals surface area contributed by atoms with Crippen LogP contribution in [0.4, 0.5) is 0 Å². The normalized spacial score (nSPS) is 16.2. The van der Waals surface area contributed by atoms with Gasteiger partial charge in [0, 0.05) is 49.3 Å². The largest absolute Gasteiger partial charge is 0.342 e. The average molecular weight is 394 g/mol. The number of rotatable bonds is 3. The molecule has 4 aromatic rings. The number of hydrogen-bond acceptors (Lipinski definition) is 4. The van der Waals surface area contributed by atoms with Crippen LogP contribution in [0, 0.1) is 0 Å². The van der Waals surface area contributed by atoms with E-state index in [4.69, 9.17) is 0 Å². The highest BCUT2D eigenvalue weighted by atomic mass is 16.2. The van der Waals surface area contributed by atoms with Crippen LogP contribution in [0.3, 0.4) is 0 Å². The molecule has 0 radical (unpaired) electrons. The summed E-state index contributed by atoms with van der Waals surface area (Å²) < 4.78 is 0. The van der Waals surface area contributed by atoms with Gasteiger partial charge in [-0.25, -0.2) is 9.97 Å². The van der Waals surface area contributed by atoms with E-state index in [1.807, 2.05) is 35.5 Å². The Hall–Kier alpha value is -3.60. The fourth-order valence-corrected chi connectivity index (χ4v) is 4.28. The van der Waals surface area contributed by atoms with Crippen LogP contribution in [0.5, 0.6) is 0 Å². The van der Waals surface area contributed by atoms with E-state index < -0.39 is 0 Å². The van der Waals surface area contributed by atoms with Gasteiger partial charge in [0.2, 0.25) is 5.91 Å². The van der Waals surface area contributed by atoms with Gasteiger partial charge in [0.05, 0.1) is 11.2 Å². The topological polar surface area (TPSA) is 59.0 Å². The summed E-state index contributed by atoms with van der Waals surface area (Å²) in [6.45, 7) is 3.19. The van der Waals surface area contributed by atoms with E-state index in [0.717, 1.165) is 52.8 Å². The molecule has 0 aliphatic carbocycles. The Bertz CT molecular complexity index is 1200. The highest BCUT2D eigenvalue weighted by molar-refractivity contribution is 5.87. The smallest absolute Gasteiger partial charge is 0.219 e. The fourth-order valence-electron chi connectivity index (χ4n) is 4.28. The van der Waals surface area contributed by atoms with Gasteiger partial charge in [0.1, 0.15) is 6.33 Å². The SMILES string of the molecule is CC(=O)N1CCC(c2cc(-c3ccc(-c4ccccn4)cc3)cc3cncnc23)C1. The molecule has 5 nitrogen and oxygen atoms in total. The van der Waals surface area contributed by atoms with Gasteiger partial charge < -0.3 is 4.90 Å². The van der Waals surface area contributed by atoms with Crippen molar-refractivity contribution in [2.45, 2.75) is 19.3 Å². The van der Waals surface area contributed by atoms with E-state index in [1.165, 1.54) is 5.56 Å². The zero-order chi connectivity index (χ0) is 20.5. The highest BCUT2D eigenvalue weighted by Gasteiger charge is 2.27. The molecule has 2 aromatic carbocycles. The summed E-state index contributed by atoms with van der Waals surface area (Å²) >= 11 is 0. The summed E-state index contributed by atoms with van der Waals surface area (Å²) in [6, 6.07) is 18.8. The van der Waals surface area contributed by atoms with Gasteiger partial charge in [-0.05, 0) is 47.4 Å². The van der Waals surface area contributed by atoms with E-state index >= 15 is 0 Å². The highest BCUT2D eigenvalue weighted by Crippen LogP contribution is 2.35. The summed E-state index contributed by atoms with van der Waals surface area (Å²) in [6.07, 6.45) is 6.24. The predicted octanol–water partition coefficient (Wildman–Crippen LogP) is 4.69. The van der Waals surface area contributed by atoms with Gasteiger partial charge in [-0.15, -0.1) is 0 Å². The molecular weight excluding hydrogens is 372 g/mol. The number of fused-ring (bicyclic) bond motifs is 1. The molecule has 5 rings (SSSR count). The van der Waals surface area contributed by atoms with Crippen molar-refractivity contribution in [1.29, 1.82) is 0 Å². The van der Waals surface area contributed by atoms with E-state index in [-0.39, 0.29) is 5.91 Å². The molecule has 5 heteroatoms. The lowest BCUT2D eigenvalue weighted by Gasteiger charge is -2.17. The molecule has 1 saturated heterocycles. The molecule has 1 aliphatic rings. The van der Waals surface area contributed by atoms with Gasteiger partial charge in [-0.1, -0.05) is 30.3 Å². The van der Waals surface area contributed by atoms with E-state index in [9.17, 15) is 4.79 Å². The molecule has 148 valence electrons. The summed E-state index contributed by atoms with van der Waals surface area (Å²) in [5.74, 6) is 0.428. The fraction of sp³-hybridized carbons (Fsp3) is 0.200. The molecule has 1 atom stereocenters. The first kappa shape index (κ1) is 18.4. The first-order chi connectivity index (χ1) is 14.7. The third kappa shape index (κ3) is 3.43. The molecule has 3 heterocycles. The Morgan fingerprint density at radius 1 is 1.00 bits per heavy atom. The minimum absolute atomic E-state index is 0.137. The van der Waals surface area contributed by atoms with Crippen molar-refractivity contribution in [3.63, 3.8) is 0 Å². The van der Waals surface area contributed by atoms with Crippen LogP contribution in [0.2, 0.25) is 0 Å². The molecular formula is C25H22N4O. The Balaban J connectivity index is 1.55. The number of carbonyl (C=O) groups excluding carboxylic acids is 1. The number of amides is 1. The summed E-state index contributed by atoms with van der Waals surface area (Å²) in [5, 5.41) is 1.03. The van der Waals surface area contributed by atoms with E-state index in [0.29, 0.717) is 5.92 Å². The third-order valence-corrected chi connectivity index (χ3v) is 5.89. The Morgan fingerprint density at radius 3 is 2.57 bits per heavy atom. The van der Waals surface area contributed by atoms with Gasteiger partial charge in [0.15, 0.2) is 0 Å². The maximum atomic E-state index is 11.8. The zero-order valence-electron chi connectivity index (χ0n) is 16.8. The van der Waals surface area contributed by atoms with Crippen LogP contribution < -0.4 is 0 Å². The maximum absolute atomic E-state index is 11.8. The minimum atomic E-state index is 0.137. The standard InChI is InChI=1S/C25H22N4O/c1-17(30)29-11-9-20(15-29)23-13-21(12-22-14-26-16-28-25(22)23)18-5-7-19(8-6-18)24-4-2-3-10-27-24/h2-8,10,12-14,16,20H,9,11,15H2,1H3. The van der Waals surface area contributed by atoms with Crippen LogP contribution in [0.15, 0.2) is 73.3 Å². The summed E-state index contributed by atoms with van der Waals surface area (Å²) in [7, 11) is 0. The number of hydrogen-bond donors (Lipinski definition) is 0. The monoisotopic (exact) mass is 394 g/mol. The van der Waals surface area contributed by atoms with Crippen molar-refractivity contribution < 1.29 is 4.79 Å². The number of nitrogens with zero attached hydrogens (tertiary/aromatic N) is 4. The molecule has 0 N–H and O–H groups in total. The zero-order valence-corrected chi connectivity index (χ0v) is 16.8. The second kappa shape index (κ2) is 7.67. The Morgan fingerprint density at radius 2 is 1.83 bits per heavy atom. The molecule has 0 bridgehead atoms. The third-order valence-electron chi connectivity index (χ3n) is 5.89. The van der Waals surface area contributed by atoms with Crippen molar-refractivity contribution in [3.8, 4) is 22.4 Å². The summed E-state index contributed by atoms with van der Waals surface area (Å²) in [4.78, 5) is 27.0. The van der Waals surface area contributed by atoms with Crippen LogP contribution >= 0.6 is 0 Å². The molecule has 1 unspecified atom stereocenters. The molecule has 1 fully saturated rings. The first-order valence-corrected chi connectivity index (χ1v) is 10.2. The van der Waals surface area contributed by atoms with Gasteiger partial charge >= 0.3 is 0 Å². The number of pyridine rings is 1. The van der Waals surface area contributed by atoms with Crippen molar-refractivity contribution in [1.82, 2.24) is 19.9 Å². The molecule has 0 saturated carbocycles. The van der Waals surface area contributed by atoms with Crippen LogP contribution in [-0.4, -0.2) is 38.8 Å². The lowest BCUT2D eigenvalue weighted by molar-refractivity contribution is -0.127. The first-order valence-electron chi connectivity index (χ1n) is 10.2. The number of carbonyl (C=O) groups is 1.